The Bertz CT molecular complexity index is 864. The first-order valence-electron chi connectivity index (χ1n) is 9.41. The van der Waals surface area contributed by atoms with Crippen LogP contribution in [0.5, 0.6) is 0 Å². The zero-order valence-electron chi connectivity index (χ0n) is 15.7. The van der Waals surface area contributed by atoms with Crippen LogP contribution in [0.1, 0.15) is 50.7 Å². The number of rotatable bonds is 3. The topological polar surface area (TPSA) is 37.4 Å². The molecular formula is C23H25NO2. The molecule has 0 aromatic heterocycles. The zero-order chi connectivity index (χ0) is 18.5. The third-order valence-electron chi connectivity index (χ3n) is 5.58. The van der Waals surface area contributed by atoms with E-state index in [1.54, 1.807) is 0 Å². The van der Waals surface area contributed by atoms with Crippen LogP contribution in [0.15, 0.2) is 48.5 Å². The summed E-state index contributed by atoms with van der Waals surface area (Å²) in [7, 11) is 0. The highest BCUT2D eigenvalue weighted by molar-refractivity contribution is 6.00. The van der Waals surface area contributed by atoms with Gasteiger partial charge in [-0.15, -0.1) is 0 Å². The third-order valence-corrected chi connectivity index (χ3v) is 5.58. The molecule has 1 aliphatic heterocycles. The van der Waals surface area contributed by atoms with Gasteiger partial charge in [0.25, 0.3) is 0 Å². The molecule has 0 saturated carbocycles. The van der Waals surface area contributed by atoms with Crippen LogP contribution in [0.3, 0.4) is 0 Å². The number of likely N-dealkylation sites (tertiary alicyclic amines) is 1. The van der Waals surface area contributed by atoms with E-state index in [1.807, 2.05) is 26.8 Å². The molecule has 0 N–H and O–H groups in total. The molecule has 3 nitrogen and oxygen atoms in total. The molecule has 3 heteroatoms. The average Bonchev–Trinajstić information content (AvgIpc) is 3.19. The van der Waals surface area contributed by atoms with Crippen molar-refractivity contribution in [3.8, 4) is 11.1 Å². The summed E-state index contributed by atoms with van der Waals surface area (Å²) in [6, 6.07) is 17.0. The van der Waals surface area contributed by atoms with E-state index in [-0.39, 0.29) is 17.7 Å². The second kappa shape index (κ2) is 6.08. The number of carbonyl (C=O) groups excluding carboxylic acids is 2. The number of imide groups is 1. The largest absolute Gasteiger partial charge is 0.282 e. The average molecular weight is 347 g/mol. The Balaban J connectivity index is 1.44. The molecule has 0 bridgehead atoms. The first kappa shape index (κ1) is 17.0. The second-order valence-electron chi connectivity index (χ2n) is 8.53. The van der Waals surface area contributed by atoms with Crippen molar-refractivity contribution in [2.45, 2.75) is 39.5 Å². The van der Waals surface area contributed by atoms with E-state index >= 15 is 0 Å². The summed E-state index contributed by atoms with van der Waals surface area (Å²) in [4.78, 5) is 26.6. The molecule has 1 heterocycles. The highest BCUT2D eigenvalue weighted by atomic mass is 16.2. The first-order valence-corrected chi connectivity index (χ1v) is 9.41. The van der Waals surface area contributed by atoms with E-state index in [4.69, 9.17) is 0 Å². The van der Waals surface area contributed by atoms with Crippen LogP contribution in [-0.2, 0) is 9.59 Å². The molecule has 26 heavy (non-hydrogen) atoms. The molecule has 2 aromatic carbocycles. The minimum atomic E-state index is -0.502. The molecule has 2 aliphatic rings. The summed E-state index contributed by atoms with van der Waals surface area (Å²) in [5.74, 6) is 0.320. The lowest BCUT2D eigenvalue weighted by molar-refractivity contribution is -0.148. The van der Waals surface area contributed by atoms with Gasteiger partial charge >= 0.3 is 0 Å². The van der Waals surface area contributed by atoms with Crippen molar-refractivity contribution in [1.82, 2.24) is 4.90 Å². The van der Waals surface area contributed by atoms with E-state index in [1.165, 1.54) is 27.2 Å². The summed E-state index contributed by atoms with van der Waals surface area (Å²) in [5.41, 5.74) is 4.67. The fraction of sp³-hybridized carbons (Fsp3) is 0.391. The van der Waals surface area contributed by atoms with Gasteiger partial charge < -0.3 is 0 Å². The Hall–Kier alpha value is -2.42. The Labute approximate surface area is 155 Å². The molecule has 4 rings (SSSR count). The van der Waals surface area contributed by atoms with Crippen LogP contribution in [0.4, 0.5) is 0 Å². The minimum Gasteiger partial charge on any atom is -0.282 e. The predicted molar refractivity (Wildman–Crippen MR) is 103 cm³/mol. The van der Waals surface area contributed by atoms with Crippen molar-refractivity contribution >= 4 is 11.8 Å². The molecule has 1 saturated heterocycles. The Morgan fingerprint density at radius 3 is 2.46 bits per heavy atom. The van der Waals surface area contributed by atoms with Gasteiger partial charge in [0.15, 0.2) is 0 Å². The molecule has 2 amide bonds. The van der Waals surface area contributed by atoms with E-state index in [9.17, 15) is 9.59 Å². The number of hydrogen-bond acceptors (Lipinski definition) is 2. The molecule has 0 radical (unpaired) electrons. The minimum absolute atomic E-state index is 0.0195. The van der Waals surface area contributed by atoms with Gasteiger partial charge in [0.05, 0.1) is 0 Å². The van der Waals surface area contributed by atoms with Crippen LogP contribution in [0.2, 0.25) is 0 Å². The van der Waals surface area contributed by atoms with Crippen molar-refractivity contribution in [2.24, 2.45) is 11.3 Å². The molecule has 2 aromatic rings. The van der Waals surface area contributed by atoms with Gasteiger partial charge in [-0.05, 0) is 35.1 Å². The SMILES string of the molecule is CC(C)(C)C(=O)N1CC[C@H](C[C@H]2c3ccc(-c4ccccc4)cc32)C1=O. The van der Waals surface area contributed by atoms with Crippen LogP contribution in [0, 0.1) is 11.3 Å². The lowest BCUT2D eigenvalue weighted by Gasteiger charge is -2.24. The maximum absolute atomic E-state index is 12.7. The molecule has 0 spiro atoms. The lowest BCUT2D eigenvalue weighted by Crippen LogP contribution is -2.41. The Morgan fingerprint density at radius 1 is 1.04 bits per heavy atom. The fourth-order valence-corrected chi connectivity index (χ4v) is 4.01. The van der Waals surface area contributed by atoms with Gasteiger partial charge in [-0.1, -0.05) is 69.3 Å². The highest BCUT2D eigenvalue weighted by Crippen LogP contribution is 2.50. The number of nitrogens with zero attached hydrogens (tertiary/aromatic N) is 1. The maximum atomic E-state index is 12.7. The van der Waals surface area contributed by atoms with Crippen LogP contribution >= 0.6 is 0 Å². The van der Waals surface area contributed by atoms with E-state index in [0.29, 0.717) is 12.5 Å². The van der Waals surface area contributed by atoms with Crippen LogP contribution in [0.25, 0.3) is 11.1 Å². The van der Waals surface area contributed by atoms with E-state index in [0.717, 1.165) is 12.8 Å². The second-order valence-corrected chi connectivity index (χ2v) is 8.53. The normalized spacial score (nSPS) is 21.7. The summed E-state index contributed by atoms with van der Waals surface area (Å²) >= 11 is 0. The standard InChI is InChI=1S/C23H25NO2/c1-23(2,3)22(26)24-12-11-17(21(24)25)14-20-18-10-9-16(13-19(18)20)15-7-5-4-6-8-15/h4-10,13,17,20H,11-12,14H2,1-3H3/t17-,20+/m1/s1. The molecule has 0 unspecified atom stereocenters. The lowest BCUT2D eigenvalue weighted by atomic mass is 9.94. The summed E-state index contributed by atoms with van der Waals surface area (Å²) in [6.45, 7) is 6.19. The highest BCUT2D eigenvalue weighted by Gasteiger charge is 2.43. The van der Waals surface area contributed by atoms with Crippen molar-refractivity contribution < 1.29 is 9.59 Å². The van der Waals surface area contributed by atoms with Gasteiger partial charge in [0.1, 0.15) is 0 Å². The van der Waals surface area contributed by atoms with Gasteiger partial charge in [-0.25, -0.2) is 0 Å². The molecule has 2 atom stereocenters. The number of hydrogen-bond donors (Lipinski definition) is 0. The maximum Gasteiger partial charge on any atom is 0.234 e. The van der Waals surface area contributed by atoms with Gasteiger partial charge in [-0.3, -0.25) is 14.5 Å². The smallest absolute Gasteiger partial charge is 0.234 e. The van der Waals surface area contributed by atoms with Crippen LogP contribution < -0.4 is 0 Å². The van der Waals surface area contributed by atoms with Gasteiger partial charge in [0, 0.05) is 23.8 Å². The van der Waals surface area contributed by atoms with Gasteiger partial charge in [-0.2, -0.15) is 0 Å². The number of fused-ring (bicyclic) bond motifs is 1. The van der Waals surface area contributed by atoms with Crippen molar-refractivity contribution in [3.05, 3.63) is 59.7 Å². The zero-order valence-corrected chi connectivity index (χ0v) is 15.7. The number of amides is 2. The van der Waals surface area contributed by atoms with Crippen molar-refractivity contribution in [1.29, 1.82) is 0 Å². The molecule has 134 valence electrons. The summed E-state index contributed by atoms with van der Waals surface area (Å²) < 4.78 is 0. The molecule has 1 aliphatic carbocycles. The van der Waals surface area contributed by atoms with Gasteiger partial charge in [0.2, 0.25) is 11.8 Å². The van der Waals surface area contributed by atoms with E-state index in [2.05, 4.69) is 42.5 Å². The van der Waals surface area contributed by atoms with Crippen molar-refractivity contribution in [2.75, 3.05) is 6.54 Å². The summed E-state index contributed by atoms with van der Waals surface area (Å²) in [5, 5.41) is 0. The third kappa shape index (κ3) is 2.96. The predicted octanol–water partition coefficient (Wildman–Crippen LogP) is 4.61. The molecule has 1 fully saturated rings. The van der Waals surface area contributed by atoms with E-state index < -0.39 is 5.41 Å². The number of benzene rings is 2. The first-order chi connectivity index (χ1) is 12.4. The monoisotopic (exact) mass is 347 g/mol. The van der Waals surface area contributed by atoms with Crippen LogP contribution in [-0.4, -0.2) is 23.3 Å². The van der Waals surface area contributed by atoms with Crippen molar-refractivity contribution in [3.63, 3.8) is 0 Å². The molecular weight excluding hydrogens is 322 g/mol. The quantitative estimate of drug-likeness (QED) is 0.813. The fourth-order valence-electron chi connectivity index (χ4n) is 4.01. The summed E-state index contributed by atoms with van der Waals surface area (Å²) in [6.07, 6.45) is 1.62. The Kier molecular flexibility index (Phi) is 3.98. The Morgan fingerprint density at radius 2 is 1.77 bits per heavy atom. The number of carbonyl (C=O) groups is 2.